The Labute approximate surface area is 192 Å². The van der Waals surface area contributed by atoms with Crippen LogP contribution in [0.25, 0.3) is 11.0 Å². The van der Waals surface area contributed by atoms with E-state index in [1.165, 1.54) is 18.6 Å². The molecular weight excluding hydrogens is 423 g/mol. The second-order valence-corrected chi connectivity index (χ2v) is 9.39. The Bertz CT molecular complexity index is 1130. The van der Waals surface area contributed by atoms with Gasteiger partial charge in [0.2, 0.25) is 0 Å². The largest absolute Gasteiger partial charge is 0.482 e. The van der Waals surface area contributed by atoms with Crippen molar-refractivity contribution in [2.45, 2.75) is 57.7 Å². The van der Waals surface area contributed by atoms with Crippen molar-refractivity contribution in [1.29, 1.82) is 0 Å². The number of para-hydroxylation sites is 1. The highest BCUT2D eigenvalue weighted by atomic mass is 16.6. The number of rotatable bonds is 5. The van der Waals surface area contributed by atoms with Crippen LogP contribution in [-0.4, -0.2) is 46.0 Å². The third-order valence-corrected chi connectivity index (χ3v) is 5.38. The molecule has 1 aliphatic rings. The normalized spacial score (nSPS) is 18.0. The topological polar surface area (TPSA) is 116 Å². The van der Waals surface area contributed by atoms with Crippen molar-refractivity contribution < 1.29 is 23.3 Å². The molecule has 0 saturated carbocycles. The van der Waals surface area contributed by atoms with Gasteiger partial charge in [0.25, 0.3) is 0 Å². The minimum atomic E-state index is -0.855. The smallest absolute Gasteiger partial charge is 0.464 e. The zero-order valence-corrected chi connectivity index (χ0v) is 19.1. The number of amides is 2. The lowest BCUT2D eigenvalue weighted by molar-refractivity contribution is -0.136. The highest BCUT2D eigenvalue weighted by Gasteiger charge is 2.47. The van der Waals surface area contributed by atoms with Gasteiger partial charge in [-0.3, -0.25) is 14.6 Å². The van der Waals surface area contributed by atoms with E-state index in [0.29, 0.717) is 12.8 Å². The zero-order chi connectivity index (χ0) is 23.6. The van der Waals surface area contributed by atoms with Gasteiger partial charge in [-0.05, 0) is 45.7 Å². The highest BCUT2D eigenvalue weighted by Crippen LogP contribution is 2.34. The maximum atomic E-state index is 12.8. The highest BCUT2D eigenvalue weighted by molar-refractivity contribution is 6.49. The number of anilines is 1. The second kappa shape index (κ2) is 8.95. The van der Waals surface area contributed by atoms with Crippen LogP contribution in [0.2, 0.25) is 0 Å². The molecule has 1 aliphatic heterocycles. The quantitative estimate of drug-likeness (QED) is 0.454. The van der Waals surface area contributed by atoms with Crippen molar-refractivity contribution in [1.82, 2.24) is 15.3 Å². The molecule has 3 aromatic rings. The Morgan fingerprint density at radius 2 is 1.82 bits per heavy atom. The molecule has 1 fully saturated rings. The standard InChI is InChI=1S/C23H27BN4O5/c1-22(2)14-23(3,4)33-24(32-22)18(11-15-13-31-17-8-6-5-7-16(15)17)27-20(29)21(30)28-19-12-25-9-10-26-19/h5-10,12-13,18H,11,14H2,1-4H3,(H,27,29)(H,26,28,30). The van der Waals surface area contributed by atoms with Crippen LogP contribution in [0.5, 0.6) is 0 Å². The molecular formula is C23H27BN4O5. The molecule has 10 heteroatoms. The molecule has 2 N–H and O–H groups in total. The van der Waals surface area contributed by atoms with E-state index in [1.54, 1.807) is 6.26 Å². The maximum Gasteiger partial charge on any atom is 0.482 e. The second-order valence-electron chi connectivity index (χ2n) is 9.39. The van der Waals surface area contributed by atoms with E-state index >= 15 is 0 Å². The summed E-state index contributed by atoms with van der Waals surface area (Å²) in [6.45, 7) is 7.93. The van der Waals surface area contributed by atoms with Crippen molar-refractivity contribution in [3.05, 3.63) is 54.7 Å². The van der Waals surface area contributed by atoms with Crippen molar-refractivity contribution in [2.75, 3.05) is 5.32 Å². The third-order valence-electron chi connectivity index (χ3n) is 5.38. The van der Waals surface area contributed by atoms with E-state index in [9.17, 15) is 9.59 Å². The number of furan rings is 1. The molecule has 4 rings (SSSR count). The molecule has 1 atom stereocenters. The summed E-state index contributed by atoms with van der Waals surface area (Å²) < 4.78 is 18.1. The van der Waals surface area contributed by atoms with Crippen LogP contribution in [0.15, 0.2) is 53.5 Å². The lowest BCUT2D eigenvalue weighted by Crippen LogP contribution is -2.61. The maximum absolute atomic E-state index is 12.8. The molecule has 3 heterocycles. The number of fused-ring (bicyclic) bond motifs is 1. The molecule has 2 aromatic heterocycles. The van der Waals surface area contributed by atoms with E-state index in [4.69, 9.17) is 13.7 Å². The fourth-order valence-electron chi connectivity index (χ4n) is 4.34. The van der Waals surface area contributed by atoms with Gasteiger partial charge in [-0.2, -0.15) is 0 Å². The number of nitrogens with zero attached hydrogens (tertiary/aromatic N) is 2. The zero-order valence-electron chi connectivity index (χ0n) is 19.1. The van der Waals surface area contributed by atoms with Crippen LogP contribution in [0, 0.1) is 0 Å². The molecule has 0 aliphatic carbocycles. The van der Waals surface area contributed by atoms with E-state index in [2.05, 4.69) is 20.6 Å². The van der Waals surface area contributed by atoms with Crippen LogP contribution in [0.3, 0.4) is 0 Å². The predicted molar refractivity (Wildman–Crippen MR) is 123 cm³/mol. The Morgan fingerprint density at radius 1 is 1.09 bits per heavy atom. The Kier molecular flexibility index (Phi) is 6.22. The van der Waals surface area contributed by atoms with Crippen molar-refractivity contribution in [3.8, 4) is 0 Å². The van der Waals surface area contributed by atoms with Gasteiger partial charge in [0.15, 0.2) is 5.82 Å². The first-order chi connectivity index (χ1) is 15.6. The number of hydrogen-bond donors (Lipinski definition) is 2. The molecule has 9 nitrogen and oxygen atoms in total. The van der Waals surface area contributed by atoms with Crippen LogP contribution >= 0.6 is 0 Å². The lowest BCUT2D eigenvalue weighted by atomic mass is 9.69. The summed E-state index contributed by atoms with van der Waals surface area (Å²) in [6.07, 6.45) is 6.94. The number of carbonyl (C=O) groups excluding carboxylic acids is 2. The molecule has 33 heavy (non-hydrogen) atoms. The molecule has 1 aromatic carbocycles. The lowest BCUT2D eigenvalue weighted by Gasteiger charge is -2.46. The van der Waals surface area contributed by atoms with Gasteiger partial charge in [0.1, 0.15) is 5.58 Å². The fraction of sp³-hybridized carbons (Fsp3) is 0.391. The van der Waals surface area contributed by atoms with Crippen LogP contribution in [0.1, 0.15) is 39.7 Å². The summed E-state index contributed by atoms with van der Waals surface area (Å²) >= 11 is 0. The number of aromatic nitrogens is 2. The van der Waals surface area contributed by atoms with Gasteiger partial charge in [-0.25, -0.2) is 4.98 Å². The monoisotopic (exact) mass is 450 g/mol. The first-order valence-electron chi connectivity index (χ1n) is 10.8. The van der Waals surface area contributed by atoms with Gasteiger partial charge >= 0.3 is 18.9 Å². The molecule has 172 valence electrons. The van der Waals surface area contributed by atoms with Crippen LogP contribution in [0.4, 0.5) is 5.82 Å². The average molecular weight is 450 g/mol. The van der Waals surface area contributed by atoms with Crippen molar-refractivity contribution in [3.63, 3.8) is 0 Å². The number of hydrogen-bond acceptors (Lipinski definition) is 7. The average Bonchev–Trinajstić information content (AvgIpc) is 3.14. The SMILES string of the molecule is CC1(C)CC(C)(C)OB(C(Cc2coc3ccccc23)NC(=O)C(=O)Nc2cnccn2)O1. The van der Waals surface area contributed by atoms with E-state index in [1.807, 2.05) is 52.0 Å². The molecule has 0 spiro atoms. The molecule has 0 bridgehead atoms. The minimum Gasteiger partial charge on any atom is -0.464 e. The van der Waals surface area contributed by atoms with Gasteiger partial charge in [0.05, 0.1) is 29.6 Å². The summed E-state index contributed by atoms with van der Waals surface area (Å²) in [4.78, 5) is 33.2. The van der Waals surface area contributed by atoms with E-state index in [-0.39, 0.29) is 5.82 Å². The van der Waals surface area contributed by atoms with Crippen LogP contribution < -0.4 is 10.6 Å². The molecule has 0 radical (unpaired) electrons. The summed E-state index contributed by atoms with van der Waals surface area (Å²) in [7, 11) is -0.773. The number of carbonyl (C=O) groups is 2. The van der Waals surface area contributed by atoms with Gasteiger partial charge in [-0.15, -0.1) is 0 Å². The predicted octanol–water partition coefficient (Wildman–Crippen LogP) is 2.91. The molecule has 1 saturated heterocycles. The number of benzene rings is 1. The Morgan fingerprint density at radius 3 is 2.52 bits per heavy atom. The third kappa shape index (κ3) is 5.58. The van der Waals surface area contributed by atoms with Gasteiger partial charge < -0.3 is 24.4 Å². The Hall–Kier alpha value is -3.24. The summed E-state index contributed by atoms with van der Waals surface area (Å²) in [5.41, 5.74) is 0.661. The first kappa shape index (κ1) is 22.9. The minimum absolute atomic E-state index is 0.183. The fourth-order valence-corrected chi connectivity index (χ4v) is 4.34. The van der Waals surface area contributed by atoms with E-state index in [0.717, 1.165) is 16.5 Å². The molecule has 2 amide bonds. The van der Waals surface area contributed by atoms with Crippen molar-refractivity contribution in [2.24, 2.45) is 0 Å². The summed E-state index contributed by atoms with van der Waals surface area (Å²) in [6, 6.07) is 7.64. The Balaban J connectivity index is 1.58. The molecule has 1 unspecified atom stereocenters. The van der Waals surface area contributed by atoms with Gasteiger partial charge in [0, 0.05) is 24.2 Å². The van der Waals surface area contributed by atoms with Crippen molar-refractivity contribution >= 4 is 35.7 Å². The van der Waals surface area contributed by atoms with Gasteiger partial charge in [-0.1, -0.05) is 18.2 Å². The van der Waals surface area contributed by atoms with Crippen LogP contribution in [-0.2, 0) is 25.3 Å². The van der Waals surface area contributed by atoms with E-state index < -0.39 is 36.1 Å². The number of nitrogens with one attached hydrogen (secondary N) is 2. The summed E-state index contributed by atoms with van der Waals surface area (Å²) in [5, 5.41) is 6.17. The summed E-state index contributed by atoms with van der Waals surface area (Å²) in [5.74, 6) is -2.15. The first-order valence-corrected chi connectivity index (χ1v) is 10.8.